The number of methoxy groups -OCH3 is 1. The van der Waals surface area contributed by atoms with Crippen molar-refractivity contribution in [1.82, 2.24) is 15.2 Å². The summed E-state index contributed by atoms with van der Waals surface area (Å²) in [5.41, 5.74) is 12.0. The van der Waals surface area contributed by atoms with Crippen LogP contribution in [0.15, 0.2) is 24.4 Å². The van der Waals surface area contributed by atoms with Crippen LogP contribution in [-0.2, 0) is 13.5 Å². The molecule has 5 N–H and O–H groups in total. The first-order valence-corrected chi connectivity index (χ1v) is 6.43. The van der Waals surface area contributed by atoms with E-state index in [4.69, 9.17) is 16.3 Å². The molecule has 0 fully saturated rings. The van der Waals surface area contributed by atoms with Crippen LogP contribution in [0.1, 0.15) is 22.7 Å². The van der Waals surface area contributed by atoms with Crippen molar-refractivity contribution < 1.29 is 4.74 Å². The van der Waals surface area contributed by atoms with E-state index in [-0.39, 0.29) is 6.04 Å². The number of hydrazine groups is 1. The van der Waals surface area contributed by atoms with E-state index in [0.29, 0.717) is 12.2 Å². The van der Waals surface area contributed by atoms with E-state index in [1.54, 1.807) is 25.0 Å². The van der Waals surface area contributed by atoms with Crippen molar-refractivity contribution in [2.24, 2.45) is 12.9 Å². The Kier molecular flexibility index (Phi) is 4.26. The summed E-state index contributed by atoms with van der Waals surface area (Å²) in [6, 6.07) is 5.96. The van der Waals surface area contributed by atoms with Crippen LogP contribution < -0.4 is 21.7 Å². The molecular weight excluding hydrogens is 254 g/mol. The van der Waals surface area contributed by atoms with Gasteiger partial charge < -0.3 is 10.5 Å². The molecule has 0 spiro atoms. The van der Waals surface area contributed by atoms with E-state index in [1.165, 1.54) is 5.56 Å². The van der Waals surface area contributed by atoms with Gasteiger partial charge in [0.05, 0.1) is 19.3 Å². The highest BCUT2D eigenvalue weighted by Gasteiger charge is 2.18. The van der Waals surface area contributed by atoms with Gasteiger partial charge in [-0.15, -0.1) is 0 Å². The summed E-state index contributed by atoms with van der Waals surface area (Å²) in [4.78, 5) is 0. The second kappa shape index (κ2) is 5.94. The molecule has 0 radical (unpaired) electrons. The van der Waals surface area contributed by atoms with Crippen molar-refractivity contribution in [1.29, 1.82) is 0 Å². The molecule has 1 aromatic heterocycles. The maximum atomic E-state index is 6.01. The molecule has 0 saturated carbocycles. The number of benzene rings is 1. The van der Waals surface area contributed by atoms with Crippen molar-refractivity contribution in [2.45, 2.75) is 19.4 Å². The second-order valence-electron chi connectivity index (χ2n) is 4.85. The highest BCUT2D eigenvalue weighted by molar-refractivity contribution is 5.43. The second-order valence-corrected chi connectivity index (χ2v) is 4.85. The zero-order valence-corrected chi connectivity index (χ0v) is 12.1. The number of ether oxygens (including phenoxy) is 1. The van der Waals surface area contributed by atoms with E-state index >= 15 is 0 Å². The number of hydrogen-bond donors (Lipinski definition) is 3. The van der Waals surface area contributed by atoms with Crippen molar-refractivity contribution in [3.8, 4) is 5.75 Å². The summed E-state index contributed by atoms with van der Waals surface area (Å²) in [5.74, 6) is 7.13. The number of nitrogens with zero attached hydrogens (tertiary/aromatic N) is 2. The van der Waals surface area contributed by atoms with Gasteiger partial charge in [0, 0.05) is 12.6 Å². The van der Waals surface area contributed by atoms with Crippen molar-refractivity contribution in [3.63, 3.8) is 0 Å². The predicted molar refractivity (Wildman–Crippen MR) is 79.1 cm³/mol. The fraction of sp³-hybridized carbons (Fsp3) is 0.357. The molecular formula is C14H21N5O. The summed E-state index contributed by atoms with van der Waals surface area (Å²) in [5, 5.41) is 4.15. The summed E-state index contributed by atoms with van der Waals surface area (Å²) >= 11 is 0. The lowest BCUT2D eigenvalue weighted by molar-refractivity contribution is 0.405. The molecule has 2 rings (SSSR count). The third-order valence-electron chi connectivity index (χ3n) is 3.45. The molecule has 108 valence electrons. The van der Waals surface area contributed by atoms with Gasteiger partial charge in [0.2, 0.25) is 0 Å². The Labute approximate surface area is 118 Å². The highest BCUT2D eigenvalue weighted by Crippen LogP contribution is 2.27. The standard InChI is InChI=1S/C14H21N5O/c1-9-4-5-13(20-3)10(6-9)7-12(18-16)11-8-17-19(2)14(11)15/h4-6,8,12,18H,7,15-16H2,1-3H3. The maximum absolute atomic E-state index is 6.01. The molecule has 1 aromatic carbocycles. The first-order valence-electron chi connectivity index (χ1n) is 6.43. The van der Waals surface area contributed by atoms with E-state index < -0.39 is 0 Å². The average Bonchev–Trinajstić information content (AvgIpc) is 2.77. The van der Waals surface area contributed by atoms with Gasteiger partial charge in [-0.3, -0.25) is 16.0 Å². The molecule has 1 unspecified atom stereocenters. The van der Waals surface area contributed by atoms with Crippen LogP contribution in [0, 0.1) is 6.92 Å². The lowest BCUT2D eigenvalue weighted by Crippen LogP contribution is -2.30. The summed E-state index contributed by atoms with van der Waals surface area (Å²) in [6.07, 6.45) is 2.42. The largest absolute Gasteiger partial charge is 0.496 e. The number of rotatable bonds is 5. The molecule has 0 aliphatic rings. The van der Waals surface area contributed by atoms with Gasteiger partial charge in [-0.25, -0.2) is 0 Å². The first kappa shape index (κ1) is 14.4. The van der Waals surface area contributed by atoms with E-state index in [0.717, 1.165) is 16.9 Å². The summed E-state index contributed by atoms with van der Waals surface area (Å²) < 4.78 is 7.03. The van der Waals surface area contributed by atoms with Crippen molar-refractivity contribution in [3.05, 3.63) is 41.1 Å². The Morgan fingerprint density at radius 2 is 2.20 bits per heavy atom. The first-order chi connectivity index (χ1) is 9.56. The smallest absolute Gasteiger partial charge is 0.126 e. The molecule has 6 heteroatoms. The van der Waals surface area contributed by atoms with Gasteiger partial charge in [-0.1, -0.05) is 17.7 Å². The number of nitrogens with two attached hydrogens (primary N) is 2. The zero-order valence-electron chi connectivity index (χ0n) is 12.1. The topological polar surface area (TPSA) is 91.1 Å². The van der Waals surface area contributed by atoms with Crippen LogP contribution in [0.2, 0.25) is 0 Å². The molecule has 0 aliphatic heterocycles. The van der Waals surface area contributed by atoms with Crippen molar-refractivity contribution >= 4 is 5.82 Å². The minimum absolute atomic E-state index is 0.112. The molecule has 0 amide bonds. The lowest BCUT2D eigenvalue weighted by atomic mass is 9.99. The lowest BCUT2D eigenvalue weighted by Gasteiger charge is -2.17. The maximum Gasteiger partial charge on any atom is 0.126 e. The highest BCUT2D eigenvalue weighted by atomic mass is 16.5. The number of anilines is 1. The Morgan fingerprint density at radius 1 is 1.45 bits per heavy atom. The van der Waals surface area contributed by atoms with Gasteiger partial charge in [-0.05, 0) is 25.0 Å². The van der Waals surface area contributed by atoms with Gasteiger partial charge in [0.25, 0.3) is 0 Å². The zero-order chi connectivity index (χ0) is 14.7. The number of aryl methyl sites for hydroxylation is 2. The summed E-state index contributed by atoms with van der Waals surface area (Å²) in [6.45, 7) is 2.05. The van der Waals surface area contributed by atoms with Gasteiger partial charge in [0.15, 0.2) is 0 Å². The Morgan fingerprint density at radius 3 is 2.75 bits per heavy atom. The normalized spacial score (nSPS) is 12.4. The third-order valence-corrected chi connectivity index (χ3v) is 3.45. The quantitative estimate of drug-likeness (QED) is 0.561. The van der Waals surface area contributed by atoms with Crippen LogP contribution >= 0.6 is 0 Å². The molecule has 0 saturated heterocycles. The average molecular weight is 275 g/mol. The third kappa shape index (κ3) is 2.76. The van der Waals surface area contributed by atoms with Gasteiger partial charge in [-0.2, -0.15) is 5.10 Å². The van der Waals surface area contributed by atoms with E-state index in [2.05, 4.69) is 16.6 Å². The molecule has 1 atom stereocenters. The molecule has 0 aliphatic carbocycles. The van der Waals surface area contributed by atoms with E-state index in [9.17, 15) is 0 Å². The molecule has 20 heavy (non-hydrogen) atoms. The van der Waals surface area contributed by atoms with Crippen LogP contribution in [0.25, 0.3) is 0 Å². The number of aromatic nitrogens is 2. The molecule has 6 nitrogen and oxygen atoms in total. The van der Waals surface area contributed by atoms with E-state index in [1.807, 2.05) is 19.1 Å². The Bertz CT molecular complexity index is 593. The Balaban J connectivity index is 2.31. The molecule has 0 bridgehead atoms. The van der Waals surface area contributed by atoms with Crippen LogP contribution in [0.3, 0.4) is 0 Å². The van der Waals surface area contributed by atoms with Crippen molar-refractivity contribution in [2.75, 3.05) is 12.8 Å². The molecule has 2 aromatic rings. The van der Waals surface area contributed by atoms with Crippen LogP contribution in [-0.4, -0.2) is 16.9 Å². The summed E-state index contributed by atoms with van der Waals surface area (Å²) in [7, 11) is 3.47. The molecule has 1 heterocycles. The van der Waals surface area contributed by atoms with Gasteiger partial charge >= 0.3 is 0 Å². The number of nitrogens with one attached hydrogen (secondary N) is 1. The monoisotopic (exact) mass is 275 g/mol. The predicted octanol–water partition coefficient (Wildman–Crippen LogP) is 1.07. The number of hydrogen-bond acceptors (Lipinski definition) is 5. The number of nitrogen functional groups attached to an aromatic ring is 1. The SMILES string of the molecule is COc1ccc(C)cc1CC(NN)c1cnn(C)c1N. The van der Waals surface area contributed by atoms with Crippen LogP contribution in [0.4, 0.5) is 5.82 Å². The van der Waals surface area contributed by atoms with Gasteiger partial charge in [0.1, 0.15) is 11.6 Å². The minimum Gasteiger partial charge on any atom is -0.496 e. The fourth-order valence-electron chi connectivity index (χ4n) is 2.28. The fourth-order valence-corrected chi connectivity index (χ4v) is 2.28. The minimum atomic E-state index is -0.112. The Hall–Kier alpha value is -2.05. The van der Waals surface area contributed by atoms with Crippen LogP contribution in [0.5, 0.6) is 5.75 Å².